The number of benzene rings is 2. The van der Waals surface area contributed by atoms with Gasteiger partial charge in [-0.15, -0.1) is 5.10 Å². The maximum Gasteiger partial charge on any atom is 0.111 e. The van der Waals surface area contributed by atoms with Crippen LogP contribution in [-0.2, 0) is 6.61 Å². The van der Waals surface area contributed by atoms with Crippen LogP contribution in [0.5, 0.6) is 0 Å². The molecule has 0 radical (unpaired) electrons. The lowest BCUT2D eigenvalue weighted by atomic mass is 10.1. The van der Waals surface area contributed by atoms with Gasteiger partial charge in [0.2, 0.25) is 0 Å². The van der Waals surface area contributed by atoms with E-state index in [0.29, 0.717) is 5.69 Å². The molecule has 3 aromatic rings. The first kappa shape index (κ1) is 10.9. The van der Waals surface area contributed by atoms with Gasteiger partial charge in [-0.05, 0) is 18.4 Å². The predicted octanol–water partition coefficient (Wildman–Crippen LogP) is 2.22. The van der Waals surface area contributed by atoms with E-state index in [2.05, 4.69) is 28.5 Å². The highest BCUT2D eigenvalue weighted by Gasteiger charge is 2.10. The van der Waals surface area contributed by atoms with Gasteiger partial charge in [0.1, 0.15) is 5.69 Å². The SMILES string of the molecule is Cc1c(CO)nnn1-c1cccc2ccccc12. The van der Waals surface area contributed by atoms with Crippen LogP contribution in [0.1, 0.15) is 11.4 Å². The molecule has 4 heteroatoms. The first-order valence-electron chi connectivity index (χ1n) is 5.81. The molecule has 18 heavy (non-hydrogen) atoms. The minimum Gasteiger partial charge on any atom is -0.390 e. The molecule has 90 valence electrons. The summed E-state index contributed by atoms with van der Waals surface area (Å²) in [6, 6.07) is 14.2. The number of hydrogen-bond donors (Lipinski definition) is 1. The molecule has 0 spiro atoms. The van der Waals surface area contributed by atoms with E-state index in [9.17, 15) is 5.11 Å². The number of aliphatic hydroxyl groups is 1. The smallest absolute Gasteiger partial charge is 0.111 e. The van der Waals surface area contributed by atoms with Gasteiger partial charge < -0.3 is 5.11 Å². The predicted molar refractivity (Wildman–Crippen MR) is 69.5 cm³/mol. The fraction of sp³-hybridized carbons (Fsp3) is 0.143. The van der Waals surface area contributed by atoms with Crippen molar-refractivity contribution in [2.45, 2.75) is 13.5 Å². The second kappa shape index (κ2) is 4.23. The van der Waals surface area contributed by atoms with E-state index in [1.807, 2.05) is 31.2 Å². The van der Waals surface area contributed by atoms with E-state index in [1.165, 1.54) is 0 Å². The van der Waals surface area contributed by atoms with Crippen molar-refractivity contribution in [3.8, 4) is 5.69 Å². The molecule has 0 saturated heterocycles. The van der Waals surface area contributed by atoms with Gasteiger partial charge in [-0.2, -0.15) is 0 Å². The van der Waals surface area contributed by atoms with Crippen LogP contribution in [0.2, 0.25) is 0 Å². The molecule has 0 bridgehead atoms. The highest BCUT2D eigenvalue weighted by atomic mass is 16.3. The average Bonchev–Trinajstić information content (AvgIpc) is 2.79. The van der Waals surface area contributed by atoms with Crippen molar-refractivity contribution in [3.05, 3.63) is 53.9 Å². The third-order valence-corrected chi connectivity index (χ3v) is 3.13. The molecule has 1 N–H and O–H groups in total. The van der Waals surface area contributed by atoms with Gasteiger partial charge in [0.15, 0.2) is 0 Å². The monoisotopic (exact) mass is 239 g/mol. The van der Waals surface area contributed by atoms with E-state index in [-0.39, 0.29) is 6.61 Å². The Kier molecular flexibility index (Phi) is 2.57. The van der Waals surface area contributed by atoms with E-state index in [4.69, 9.17) is 0 Å². The van der Waals surface area contributed by atoms with E-state index in [1.54, 1.807) is 4.68 Å². The maximum atomic E-state index is 9.18. The largest absolute Gasteiger partial charge is 0.390 e. The van der Waals surface area contributed by atoms with Gasteiger partial charge in [0.25, 0.3) is 0 Å². The summed E-state index contributed by atoms with van der Waals surface area (Å²) in [5.74, 6) is 0. The van der Waals surface area contributed by atoms with Crippen molar-refractivity contribution in [1.82, 2.24) is 15.0 Å². The van der Waals surface area contributed by atoms with Crippen molar-refractivity contribution < 1.29 is 5.11 Å². The molecule has 0 fully saturated rings. The maximum absolute atomic E-state index is 9.18. The number of fused-ring (bicyclic) bond motifs is 1. The lowest BCUT2D eigenvalue weighted by Gasteiger charge is -2.07. The molecule has 2 aromatic carbocycles. The summed E-state index contributed by atoms with van der Waals surface area (Å²) >= 11 is 0. The zero-order valence-electron chi connectivity index (χ0n) is 10.0. The Morgan fingerprint density at radius 2 is 1.89 bits per heavy atom. The summed E-state index contributed by atoms with van der Waals surface area (Å²) in [7, 11) is 0. The van der Waals surface area contributed by atoms with Gasteiger partial charge in [0, 0.05) is 5.39 Å². The molecule has 1 aromatic heterocycles. The van der Waals surface area contributed by atoms with Crippen molar-refractivity contribution >= 4 is 10.8 Å². The lowest BCUT2D eigenvalue weighted by Crippen LogP contribution is -2.00. The summed E-state index contributed by atoms with van der Waals surface area (Å²) in [5, 5.41) is 19.6. The molecule has 0 aliphatic heterocycles. The summed E-state index contributed by atoms with van der Waals surface area (Å²) in [6.45, 7) is 1.82. The van der Waals surface area contributed by atoms with Crippen molar-refractivity contribution in [1.29, 1.82) is 0 Å². The van der Waals surface area contributed by atoms with Gasteiger partial charge in [-0.25, -0.2) is 4.68 Å². The van der Waals surface area contributed by atoms with E-state index < -0.39 is 0 Å². The van der Waals surface area contributed by atoms with Gasteiger partial charge in [-0.1, -0.05) is 41.6 Å². The molecule has 0 amide bonds. The van der Waals surface area contributed by atoms with Crippen LogP contribution < -0.4 is 0 Å². The number of aliphatic hydroxyl groups excluding tert-OH is 1. The molecule has 0 aliphatic carbocycles. The Labute approximate surface area is 104 Å². The van der Waals surface area contributed by atoms with Crippen LogP contribution in [0.4, 0.5) is 0 Å². The third-order valence-electron chi connectivity index (χ3n) is 3.13. The fourth-order valence-corrected chi connectivity index (χ4v) is 2.13. The normalized spacial score (nSPS) is 11.0. The summed E-state index contributed by atoms with van der Waals surface area (Å²) in [4.78, 5) is 0. The highest BCUT2D eigenvalue weighted by molar-refractivity contribution is 5.90. The number of aromatic nitrogens is 3. The molecule has 0 aliphatic rings. The van der Waals surface area contributed by atoms with Crippen LogP contribution in [-0.4, -0.2) is 20.1 Å². The van der Waals surface area contributed by atoms with Crippen LogP contribution in [0.15, 0.2) is 42.5 Å². The van der Waals surface area contributed by atoms with Crippen molar-refractivity contribution in [3.63, 3.8) is 0 Å². The molecule has 0 saturated carbocycles. The summed E-state index contributed by atoms with van der Waals surface area (Å²) < 4.78 is 1.77. The Balaban J connectivity index is 2.28. The second-order valence-corrected chi connectivity index (χ2v) is 4.19. The Morgan fingerprint density at radius 1 is 1.11 bits per heavy atom. The first-order valence-corrected chi connectivity index (χ1v) is 5.81. The van der Waals surface area contributed by atoms with Crippen LogP contribution in [0, 0.1) is 6.92 Å². The number of hydrogen-bond acceptors (Lipinski definition) is 3. The Morgan fingerprint density at radius 3 is 2.67 bits per heavy atom. The molecular weight excluding hydrogens is 226 g/mol. The average molecular weight is 239 g/mol. The van der Waals surface area contributed by atoms with Gasteiger partial charge >= 0.3 is 0 Å². The standard InChI is InChI=1S/C14H13N3O/c1-10-13(9-18)15-16-17(10)14-8-4-6-11-5-2-3-7-12(11)14/h2-8,18H,9H2,1H3. The molecule has 0 atom stereocenters. The summed E-state index contributed by atoms with van der Waals surface area (Å²) in [6.07, 6.45) is 0. The molecular formula is C14H13N3O. The van der Waals surface area contributed by atoms with Crippen molar-refractivity contribution in [2.24, 2.45) is 0 Å². The fourth-order valence-electron chi connectivity index (χ4n) is 2.13. The van der Waals surface area contributed by atoms with Gasteiger partial charge in [-0.3, -0.25) is 0 Å². The molecule has 1 heterocycles. The third kappa shape index (κ3) is 1.58. The minimum absolute atomic E-state index is 0.0867. The topological polar surface area (TPSA) is 50.9 Å². The second-order valence-electron chi connectivity index (χ2n) is 4.19. The van der Waals surface area contributed by atoms with Crippen molar-refractivity contribution in [2.75, 3.05) is 0 Å². The zero-order valence-corrected chi connectivity index (χ0v) is 10.0. The molecule has 3 rings (SSSR count). The van der Waals surface area contributed by atoms with E-state index in [0.717, 1.165) is 22.2 Å². The zero-order chi connectivity index (χ0) is 12.5. The van der Waals surface area contributed by atoms with E-state index >= 15 is 0 Å². The van der Waals surface area contributed by atoms with Crippen LogP contribution >= 0.6 is 0 Å². The highest BCUT2D eigenvalue weighted by Crippen LogP contribution is 2.23. The summed E-state index contributed by atoms with van der Waals surface area (Å²) in [5.41, 5.74) is 2.47. The number of nitrogens with zero attached hydrogens (tertiary/aromatic N) is 3. The lowest BCUT2D eigenvalue weighted by molar-refractivity contribution is 0.276. The van der Waals surface area contributed by atoms with Gasteiger partial charge in [0.05, 0.1) is 18.0 Å². The van der Waals surface area contributed by atoms with Crippen LogP contribution in [0.3, 0.4) is 0 Å². The first-order chi connectivity index (χ1) is 8.81. The molecule has 4 nitrogen and oxygen atoms in total. The number of rotatable bonds is 2. The Bertz CT molecular complexity index is 698. The van der Waals surface area contributed by atoms with Crippen LogP contribution in [0.25, 0.3) is 16.5 Å². The Hall–Kier alpha value is -2.20. The quantitative estimate of drug-likeness (QED) is 0.746. The minimum atomic E-state index is -0.0867. The molecule has 0 unspecified atom stereocenters.